The number of hydrogen-bond donors (Lipinski definition) is 0. The molecule has 0 bridgehead atoms. The molecule has 0 aliphatic carbocycles. The monoisotopic (exact) mass is 248 g/mol. The zero-order valence-electron chi connectivity index (χ0n) is 9.38. The fourth-order valence-corrected chi connectivity index (χ4v) is 2.05. The molecule has 0 fully saturated rings. The predicted octanol–water partition coefficient (Wildman–Crippen LogP) is 3.15. The summed E-state index contributed by atoms with van der Waals surface area (Å²) in [5.74, 6) is 1.22. The van der Waals surface area contributed by atoms with Gasteiger partial charge in [-0.3, -0.25) is 4.79 Å². The van der Waals surface area contributed by atoms with Gasteiger partial charge in [-0.15, -0.1) is 0 Å². The average Bonchev–Trinajstić information content (AvgIpc) is 2.89. The first-order chi connectivity index (χ1) is 8.33. The van der Waals surface area contributed by atoms with Crippen molar-refractivity contribution in [3.05, 3.63) is 46.2 Å². The van der Waals surface area contributed by atoms with E-state index in [2.05, 4.69) is 0 Å². The van der Waals surface area contributed by atoms with Crippen molar-refractivity contribution in [2.75, 3.05) is 7.11 Å². The fraction of sp³-hybridized carbons (Fsp3) is 0.154. The Kier molecular flexibility index (Phi) is 3.77. The van der Waals surface area contributed by atoms with Crippen molar-refractivity contribution in [1.82, 2.24) is 0 Å². The summed E-state index contributed by atoms with van der Waals surface area (Å²) >= 11 is 1.62. The molecule has 2 rings (SSSR count). The van der Waals surface area contributed by atoms with Crippen molar-refractivity contribution >= 4 is 17.6 Å². The number of ether oxygens (including phenoxy) is 2. The van der Waals surface area contributed by atoms with Crippen LogP contribution < -0.4 is 9.47 Å². The van der Waals surface area contributed by atoms with Gasteiger partial charge in [0.15, 0.2) is 6.29 Å². The van der Waals surface area contributed by atoms with Gasteiger partial charge in [0, 0.05) is 6.07 Å². The summed E-state index contributed by atoms with van der Waals surface area (Å²) in [5, 5.41) is 4.01. The Labute approximate surface area is 104 Å². The lowest BCUT2D eigenvalue weighted by atomic mass is 10.2. The number of rotatable bonds is 5. The fourth-order valence-electron chi connectivity index (χ4n) is 1.40. The zero-order valence-corrected chi connectivity index (χ0v) is 10.2. The summed E-state index contributed by atoms with van der Waals surface area (Å²) in [4.78, 5) is 10.9. The van der Waals surface area contributed by atoms with Gasteiger partial charge in [-0.05, 0) is 34.5 Å². The summed E-state index contributed by atoms with van der Waals surface area (Å²) in [6, 6.07) is 7.14. The molecule has 4 heteroatoms. The molecule has 1 heterocycles. The zero-order chi connectivity index (χ0) is 12.1. The molecule has 0 radical (unpaired) electrons. The molecule has 0 N–H and O–H groups in total. The quantitative estimate of drug-likeness (QED) is 0.762. The summed E-state index contributed by atoms with van der Waals surface area (Å²) in [7, 11) is 1.58. The van der Waals surface area contributed by atoms with Crippen LogP contribution in [-0.2, 0) is 6.61 Å². The van der Waals surface area contributed by atoms with Gasteiger partial charge >= 0.3 is 0 Å². The highest BCUT2D eigenvalue weighted by atomic mass is 32.1. The molecule has 0 aliphatic heterocycles. The van der Waals surface area contributed by atoms with E-state index < -0.39 is 0 Å². The van der Waals surface area contributed by atoms with Crippen molar-refractivity contribution < 1.29 is 14.3 Å². The summed E-state index contributed by atoms with van der Waals surface area (Å²) in [6.45, 7) is 0.456. The predicted molar refractivity (Wildman–Crippen MR) is 67.0 cm³/mol. The maximum Gasteiger partial charge on any atom is 0.153 e. The van der Waals surface area contributed by atoms with Crippen molar-refractivity contribution in [2.45, 2.75) is 6.61 Å². The highest BCUT2D eigenvalue weighted by Crippen LogP contribution is 2.24. The lowest BCUT2D eigenvalue weighted by molar-refractivity contribution is 0.111. The van der Waals surface area contributed by atoms with Gasteiger partial charge in [-0.1, -0.05) is 0 Å². The van der Waals surface area contributed by atoms with Crippen molar-refractivity contribution in [3.8, 4) is 11.5 Å². The van der Waals surface area contributed by atoms with Crippen LogP contribution in [0, 0.1) is 0 Å². The minimum absolute atomic E-state index is 0.456. The van der Waals surface area contributed by atoms with Gasteiger partial charge in [-0.25, -0.2) is 0 Å². The van der Waals surface area contributed by atoms with Gasteiger partial charge in [0.25, 0.3) is 0 Å². The number of methoxy groups -OCH3 is 1. The topological polar surface area (TPSA) is 35.5 Å². The van der Waals surface area contributed by atoms with Crippen molar-refractivity contribution in [2.24, 2.45) is 0 Å². The van der Waals surface area contributed by atoms with E-state index in [1.54, 1.807) is 36.6 Å². The first-order valence-electron chi connectivity index (χ1n) is 5.10. The molecule has 2 aromatic rings. The van der Waals surface area contributed by atoms with E-state index in [9.17, 15) is 4.79 Å². The molecule has 0 saturated heterocycles. The molecular formula is C13H12O3S. The van der Waals surface area contributed by atoms with E-state index in [-0.39, 0.29) is 0 Å². The Morgan fingerprint density at radius 2 is 2.24 bits per heavy atom. The van der Waals surface area contributed by atoms with E-state index >= 15 is 0 Å². The average molecular weight is 248 g/mol. The Hall–Kier alpha value is -1.81. The van der Waals surface area contributed by atoms with E-state index in [1.165, 1.54) is 0 Å². The Morgan fingerprint density at radius 1 is 1.35 bits per heavy atom. The Morgan fingerprint density at radius 3 is 2.88 bits per heavy atom. The highest BCUT2D eigenvalue weighted by Gasteiger charge is 2.05. The molecule has 0 atom stereocenters. The molecule has 0 unspecified atom stereocenters. The van der Waals surface area contributed by atoms with Crippen LogP contribution in [0.4, 0.5) is 0 Å². The number of thiophene rings is 1. The van der Waals surface area contributed by atoms with Crippen LogP contribution in [0.1, 0.15) is 15.9 Å². The van der Waals surface area contributed by atoms with Crippen LogP contribution in [0.3, 0.4) is 0 Å². The largest absolute Gasteiger partial charge is 0.497 e. The summed E-state index contributed by atoms with van der Waals surface area (Å²) in [6.07, 6.45) is 0.780. The van der Waals surface area contributed by atoms with Gasteiger partial charge in [0.2, 0.25) is 0 Å². The molecule has 0 spiro atoms. The number of aldehydes is 1. The highest BCUT2D eigenvalue weighted by molar-refractivity contribution is 7.07. The van der Waals surface area contributed by atoms with Gasteiger partial charge in [0.05, 0.1) is 12.7 Å². The van der Waals surface area contributed by atoms with E-state index in [4.69, 9.17) is 9.47 Å². The van der Waals surface area contributed by atoms with E-state index in [0.29, 0.717) is 23.7 Å². The standard InChI is InChI=1S/C13H12O3S/c1-15-12-3-2-11(7-14)13(6-12)16-8-10-4-5-17-9-10/h2-7,9H,8H2,1H3. The molecule has 3 nitrogen and oxygen atoms in total. The third kappa shape index (κ3) is 2.85. The van der Waals surface area contributed by atoms with Crippen LogP contribution in [0.25, 0.3) is 0 Å². The molecular weight excluding hydrogens is 236 g/mol. The third-order valence-corrected chi connectivity index (χ3v) is 3.05. The molecule has 1 aromatic carbocycles. The van der Waals surface area contributed by atoms with Crippen molar-refractivity contribution in [1.29, 1.82) is 0 Å². The van der Waals surface area contributed by atoms with Gasteiger partial charge in [0.1, 0.15) is 18.1 Å². The molecule has 17 heavy (non-hydrogen) atoms. The molecule has 0 aliphatic rings. The lowest BCUT2D eigenvalue weighted by Crippen LogP contribution is -1.97. The SMILES string of the molecule is COc1ccc(C=O)c(OCc2ccsc2)c1. The summed E-state index contributed by atoms with van der Waals surface area (Å²) in [5.41, 5.74) is 1.62. The maximum atomic E-state index is 10.9. The second kappa shape index (κ2) is 5.50. The normalized spacial score (nSPS) is 9.94. The first-order valence-corrected chi connectivity index (χ1v) is 6.05. The Balaban J connectivity index is 2.15. The van der Waals surface area contributed by atoms with Crippen LogP contribution in [-0.4, -0.2) is 13.4 Å². The number of carbonyl (C=O) groups excluding carboxylic acids is 1. The lowest BCUT2D eigenvalue weighted by Gasteiger charge is -2.09. The molecule has 0 saturated carbocycles. The van der Waals surface area contributed by atoms with Gasteiger partial charge < -0.3 is 9.47 Å². The molecule has 0 amide bonds. The Bertz CT molecular complexity index is 491. The number of carbonyl (C=O) groups is 1. The van der Waals surface area contributed by atoms with Gasteiger partial charge in [-0.2, -0.15) is 11.3 Å². The second-order valence-electron chi connectivity index (χ2n) is 3.44. The maximum absolute atomic E-state index is 10.9. The smallest absolute Gasteiger partial charge is 0.153 e. The van der Waals surface area contributed by atoms with Crippen LogP contribution in [0.2, 0.25) is 0 Å². The van der Waals surface area contributed by atoms with Crippen LogP contribution >= 0.6 is 11.3 Å². The van der Waals surface area contributed by atoms with E-state index in [1.807, 2.05) is 16.8 Å². The molecule has 1 aromatic heterocycles. The number of hydrogen-bond acceptors (Lipinski definition) is 4. The third-order valence-electron chi connectivity index (χ3n) is 2.32. The minimum atomic E-state index is 0.456. The second-order valence-corrected chi connectivity index (χ2v) is 4.22. The van der Waals surface area contributed by atoms with Crippen LogP contribution in [0.5, 0.6) is 11.5 Å². The summed E-state index contributed by atoms with van der Waals surface area (Å²) < 4.78 is 10.7. The number of benzene rings is 1. The first kappa shape index (κ1) is 11.7. The minimum Gasteiger partial charge on any atom is -0.497 e. The van der Waals surface area contributed by atoms with E-state index in [0.717, 1.165) is 11.8 Å². The van der Waals surface area contributed by atoms with Crippen LogP contribution in [0.15, 0.2) is 35.0 Å². The molecule has 88 valence electrons. The van der Waals surface area contributed by atoms with Crippen molar-refractivity contribution in [3.63, 3.8) is 0 Å².